The van der Waals surface area contributed by atoms with Crippen LogP contribution in [0.25, 0.3) is 17.2 Å². The third kappa shape index (κ3) is 3.34. The van der Waals surface area contributed by atoms with Crippen LogP contribution in [0.4, 0.5) is 5.95 Å². The molecule has 0 aliphatic carbocycles. The zero-order valence-electron chi connectivity index (χ0n) is 15.0. The second-order valence-corrected chi connectivity index (χ2v) is 5.86. The Balaban J connectivity index is 1.49. The zero-order valence-corrected chi connectivity index (χ0v) is 15.0. The highest BCUT2D eigenvalue weighted by molar-refractivity contribution is 5.93. The molecule has 0 atom stereocenters. The lowest BCUT2D eigenvalue weighted by molar-refractivity contribution is 0.0949. The molecule has 28 heavy (non-hydrogen) atoms. The lowest BCUT2D eigenvalue weighted by atomic mass is 10.2. The molecule has 4 aromatic heterocycles. The molecule has 0 radical (unpaired) electrons. The standard InChI is InChI=1S/C18H17N7O3/c1-27-17-11(4-2-7-21-17)6-8-20-16(26)12-10-14-23-15(13-5-3-9-28-13)24-25(14)18(19)22-12/h2-5,7,9-10H,6,8H2,1H3,(H2,19,22)(H,20,26). The summed E-state index contributed by atoms with van der Waals surface area (Å²) >= 11 is 0. The van der Waals surface area contributed by atoms with Gasteiger partial charge in [0.1, 0.15) is 5.69 Å². The van der Waals surface area contributed by atoms with Crippen molar-refractivity contribution in [3.8, 4) is 17.5 Å². The second kappa shape index (κ2) is 7.35. The summed E-state index contributed by atoms with van der Waals surface area (Å²) in [6.07, 6.45) is 3.74. The number of carbonyl (C=O) groups is 1. The van der Waals surface area contributed by atoms with E-state index in [0.717, 1.165) is 5.56 Å². The van der Waals surface area contributed by atoms with Gasteiger partial charge in [0.15, 0.2) is 11.4 Å². The molecular formula is C18H17N7O3. The lowest BCUT2D eigenvalue weighted by Gasteiger charge is -2.08. The minimum absolute atomic E-state index is 0.0573. The number of pyridine rings is 1. The van der Waals surface area contributed by atoms with E-state index in [-0.39, 0.29) is 17.5 Å². The lowest BCUT2D eigenvalue weighted by Crippen LogP contribution is -2.27. The Kier molecular flexibility index (Phi) is 4.58. The molecule has 0 fully saturated rings. The monoisotopic (exact) mass is 379 g/mol. The number of nitrogens with one attached hydrogen (secondary N) is 1. The molecule has 0 aromatic carbocycles. The highest BCUT2D eigenvalue weighted by Gasteiger charge is 2.16. The SMILES string of the molecule is COc1ncccc1CCNC(=O)c1cc2nc(-c3ccco3)nn2c(N)n1. The van der Waals surface area contributed by atoms with Gasteiger partial charge in [0.2, 0.25) is 17.7 Å². The van der Waals surface area contributed by atoms with Crippen LogP contribution in [0.5, 0.6) is 5.88 Å². The first-order valence-electron chi connectivity index (χ1n) is 8.49. The average Bonchev–Trinajstić information content (AvgIpc) is 3.38. The molecule has 4 rings (SSSR count). The van der Waals surface area contributed by atoms with E-state index in [1.807, 2.05) is 12.1 Å². The van der Waals surface area contributed by atoms with Gasteiger partial charge in [0.05, 0.1) is 13.4 Å². The molecule has 0 aliphatic heterocycles. The predicted octanol–water partition coefficient (Wildman–Crippen LogP) is 1.34. The minimum Gasteiger partial charge on any atom is -0.481 e. The van der Waals surface area contributed by atoms with Gasteiger partial charge in [-0.15, -0.1) is 5.10 Å². The highest BCUT2D eigenvalue weighted by atomic mass is 16.5. The van der Waals surface area contributed by atoms with Crippen LogP contribution in [-0.4, -0.2) is 44.1 Å². The maximum absolute atomic E-state index is 12.5. The molecule has 0 spiro atoms. The molecule has 4 aromatic rings. The van der Waals surface area contributed by atoms with Gasteiger partial charge in [0.25, 0.3) is 5.91 Å². The molecule has 0 aliphatic rings. The predicted molar refractivity (Wildman–Crippen MR) is 99.7 cm³/mol. The van der Waals surface area contributed by atoms with Crippen LogP contribution in [0.2, 0.25) is 0 Å². The molecule has 1 amide bonds. The molecular weight excluding hydrogens is 362 g/mol. The van der Waals surface area contributed by atoms with Crippen LogP contribution < -0.4 is 15.8 Å². The van der Waals surface area contributed by atoms with Crippen LogP contribution >= 0.6 is 0 Å². The molecule has 0 saturated heterocycles. The van der Waals surface area contributed by atoms with Crippen molar-refractivity contribution < 1.29 is 13.9 Å². The Morgan fingerprint density at radius 3 is 3.00 bits per heavy atom. The van der Waals surface area contributed by atoms with Crippen LogP contribution in [0.15, 0.2) is 47.2 Å². The van der Waals surface area contributed by atoms with E-state index >= 15 is 0 Å². The topological polar surface area (TPSA) is 133 Å². The number of rotatable bonds is 6. The molecule has 142 valence electrons. The Morgan fingerprint density at radius 2 is 2.21 bits per heavy atom. The van der Waals surface area contributed by atoms with Crippen molar-refractivity contribution in [2.75, 3.05) is 19.4 Å². The van der Waals surface area contributed by atoms with Gasteiger partial charge in [-0.25, -0.2) is 15.0 Å². The molecule has 0 bridgehead atoms. The van der Waals surface area contributed by atoms with Gasteiger partial charge in [-0.1, -0.05) is 6.07 Å². The summed E-state index contributed by atoms with van der Waals surface area (Å²) in [5, 5.41) is 7.06. The van der Waals surface area contributed by atoms with E-state index in [9.17, 15) is 4.79 Å². The number of anilines is 1. The fraction of sp³-hybridized carbons (Fsp3) is 0.167. The summed E-state index contributed by atoms with van der Waals surface area (Å²) in [6.45, 7) is 0.387. The van der Waals surface area contributed by atoms with Gasteiger partial charge in [0, 0.05) is 24.4 Å². The smallest absolute Gasteiger partial charge is 0.270 e. The zero-order chi connectivity index (χ0) is 19.5. The van der Waals surface area contributed by atoms with E-state index in [2.05, 4.69) is 25.4 Å². The van der Waals surface area contributed by atoms with Crippen molar-refractivity contribution in [2.24, 2.45) is 0 Å². The molecule has 4 heterocycles. The maximum Gasteiger partial charge on any atom is 0.270 e. The summed E-state index contributed by atoms with van der Waals surface area (Å²) in [5.41, 5.74) is 7.39. The largest absolute Gasteiger partial charge is 0.481 e. The van der Waals surface area contributed by atoms with Crippen LogP contribution in [0, 0.1) is 0 Å². The number of carbonyl (C=O) groups excluding carboxylic acids is 1. The summed E-state index contributed by atoms with van der Waals surface area (Å²) in [6, 6.07) is 8.71. The molecule has 0 saturated carbocycles. The number of fused-ring (bicyclic) bond motifs is 1. The van der Waals surface area contributed by atoms with Gasteiger partial charge >= 0.3 is 0 Å². The van der Waals surface area contributed by atoms with Crippen molar-refractivity contribution in [1.82, 2.24) is 29.9 Å². The normalized spacial score (nSPS) is 10.9. The van der Waals surface area contributed by atoms with E-state index in [1.54, 1.807) is 25.4 Å². The van der Waals surface area contributed by atoms with Crippen molar-refractivity contribution in [3.63, 3.8) is 0 Å². The Bertz CT molecular complexity index is 1120. The van der Waals surface area contributed by atoms with E-state index in [0.29, 0.717) is 36.1 Å². The first kappa shape index (κ1) is 17.5. The van der Waals surface area contributed by atoms with E-state index in [1.165, 1.54) is 16.8 Å². The summed E-state index contributed by atoms with van der Waals surface area (Å²) in [7, 11) is 1.56. The van der Waals surface area contributed by atoms with E-state index < -0.39 is 0 Å². The quantitative estimate of drug-likeness (QED) is 0.513. The third-order valence-corrected chi connectivity index (χ3v) is 4.05. The maximum atomic E-state index is 12.5. The second-order valence-electron chi connectivity index (χ2n) is 5.86. The van der Waals surface area contributed by atoms with Crippen molar-refractivity contribution >= 4 is 17.5 Å². The van der Waals surface area contributed by atoms with Gasteiger partial charge in [-0.05, 0) is 24.6 Å². The molecule has 10 heteroatoms. The fourth-order valence-corrected chi connectivity index (χ4v) is 2.74. The number of hydrogen-bond donors (Lipinski definition) is 2. The molecule has 10 nitrogen and oxygen atoms in total. The Morgan fingerprint density at radius 1 is 1.32 bits per heavy atom. The number of hydrogen-bond acceptors (Lipinski definition) is 8. The highest BCUT2D eigenvalue weighted by Crippen LogP contribution is 2.18. The number of nitrogens with zero attached hydrogens (tertiary/aromatic N) is 5. The minimum atomic E-state index is -0.361. The number of amides is 1. The average molecular weight is 379 g/mol. The fourth-order valence-electron chi connectivity index (χ4n) is 2.74. The Labute approximate surface area is 159 Å². The number of methoxy groups -OCH3 is 1. The summed E-state index contributed by atoms with van der Waals surface area (Å²) in [5.74, 6) is 1.09. The first-order valence-corrected chi connectivity index (χ1v) is 8.49. The van der Waals surface area contributed by atoms with Crippen LogP contribution in [0.3, 0.4) is 0 Å². The van der Waals surface area contributed by atoms with Crippen molar-refractivity contribution in [1.29, 1.82) is 0 Å². The number of aromatic nitrogens is 5. The van der Waals surface area contributed by atoms with Crippen LogP contribution in [0.1, 0.15) is 16.1 Å². The summed E-state index contributed by atoms with van der Waals surface area (Å²) < 4.78 is 11.8. The molecule has 0 unspecified atom stereocenters. The van der Waals surface area contributed by atoms with Crippen molar-refractivity contribution in [3.05, 3.63) is 54.0 Å². The van der Waals surface area contributed by atoms with Crippen molar-refractivity contribution in [2.45, 2.75) is 6.42 Å². The number of nitrogens with two attached hydrogens (primary N) is 1. The molecule has 3 N–H and O–H groups in total. The van der Waals surface area contributed by atoms with Gasteiger partial charge in [-0.2, -0.15) is 4.52 Å². The summed E-state index contributed by atoms with van der Waals surface area (Å²) in [4.78, 5) is 25.1. The van der Waals surface area contributed by atoms with E-state index in [4.69, 9.17) is 14.9 Å². The number of nitrogen functional groups attached to an aromatic ring is 1. The number of ether oxygens (including phenoxy) is 1. The Hall–Kier alpha value is -3.95. The first-order chi connectivity index (χ1) is 13.7. The number of furan rings is 1. The van der Waals surface area contributed by atoms with Gasteiger partial charge in [-0.3, -0.25) is 4.79 Å². The van der Waals surface area contributed by atoms with Gasteiger partial charge < -0.3 is 20.2 Å². The van der Waals surface area contributed by atoms with Crippen LogP contribution in [-0.2, 0) is 6.42 Å². The third-order valence-electron chi connectivity index (χ3n) is 4.05.